The first-order chi connectivity index (χ1) is 27.9. The number of pyridine rings is 1. The van der Waals surface area contributed by atoms with Gasteiger partial charge in [0.25, 0.3) is 5.91 Å². The second kappa shape index (κ2) is 16.2. The number of carbonyl (C=O) groups excluding carboxylic acids is 4. The molecule has 3 heterocycles. The van der Waals surface area contributed by atoms with Crippen molar-refractivity contribution in [1.29, 1.82) is 0 Å². The molecule has 4 aliphatic rings. The van der Waals surface area contributed by atoms with Crippen LogP contribution >= 0.6 is 0 Å². The molecule has 14 heteroatoms. The van der Waals surface area contributed by atoms with Gasteiger partial charge in [-0.2, -0.15) is 0 Å². The van der Waals surface area contributed by atoms with Gasteiger partial charge in [-0.3, -0.25) is 23.9 Å². The summed E-state index contributed by atoms with van der Waals surface area (Å²) in [5.41, 5.74) is -0.0489. The summed E-state index contributed by atoms with van der Waals surface area (Å²) in [6, 6.07) is 16.0. The summed E-state index contributed by atoms with van der Waals surface area (Å²) in [6.45, 7) is 13.7. The van der Waals surface area contributed by atoms with E-state index < -0.39 is 62.0 Å². The van der Waals surface area contributed by atoms with E-state index in [2.05, 4.69) is 16.6 Å². The number of aromatic nitrogens is 1. The lowest BCUT2D eigenvalue weighted by atomic mass is 9.77. The van der Waals surface area contributed by atoms with Crippen LogP contribution in [0.4, 0.5) is 0 Å². The second-order valence-corrected chi connectivity index (χ2v) is 19.9. The van der Waals surface area contributed by atoms with Crippen LogP contribution in [0.1, 0.15) is 86.0 Å². The van der Waals surface area contributed by atoms with Crippen molar-refractivity contribution in [3.05, 3.63) is 67.3 Å². The molecule has 13 nitrogen and oxygen atoms in total. The number of likely N-dealkylation sites (tertiary alicyclic amines) is 2. The van der Waals surface area contributed by atoms with Gasteiger partial charge >= 0.3 is 0 Å². The number of nitrogens with zero attached hydrogens (tertiary/aromatic N) is 3. The topological polar surface area (TPSA) is 164 Å². The van der Waals surface area contributed by atoms with Crippen molar-refractivity contribution >= 4 is 44.6 Å². The molecule has 316 valence electrons. The van der Waals surface area contributed by atoms with Gasteiger partial charge in [-0.15, -0.1) is 6.58 Å². The lowest BCUT2D eigenvalue weighted by Gasteiger charge is -2.41. The van der Waals surface area contributed by atoms with Crippen LogP contribution in [0.3, 0.4) is 0 Å². The molecular formula is C45H57N5O8S. The Kier molecular flexibility index (Phi) is 11.6. The molecular weight excluding hydrogens is 771 g/mol. The van der Waals surface area contributed by atoms with Crippen molar-refractivity contribution in [1.82, 2.24) is 24.8 Å². The molecule has 59 heavy (non-hydrogen) atoms. The Morgan fingerprint density at radius 1 is 1.02 bits per heavy atom. The van der Waals surface area contributed by atoms with Gasteiger partial charge in [-0.05, 0) is 69.9 Å². The van der Waals surface area contributed by atoms with Crippen LogP contribution in [-0.4, -0.2) is 95.5 Å². The molecule has 2 aliphatic heterocycles. The van der Waals surface area contributed by atoms with E-state index in [9.17, 15) is 22.8 Å². The summed E-state index contributed by atoms with van der Waals surface area (Å²) in [7, 11) is -2.32. The highest BCUT2D eigenvalue weighted by molar-refractivity contribution is 7.91. The van der Waals surface area contributed by atoms with E-state index in [0.717, 1.165) is 24.8 Å². The number of benzene rings is 2. The highest BCUT2D eigenvalue weighted by Gasteiger charge is 2.62. The number of fused-ring (bicyclic) bond motifs is 1. The normalized spacial score (nSPS) is 26.2. The Labute approximate surface area is 347 Å². The molecule has 2 N–H and O–H groups in total. The molecule has 0 radical (unpaired) electrons. The van der Waals surface area contributed by atoms with Crippen LogP contribution < -0.4 is 19.5 Å². The first-order valence-electron chi connectivity index (χ1n) is 20.8. The third-order valence-electron chi connectivity index (χ3n) is 12.6. The summed E-state index contributed by atoms with van der Waals surface area (Å²) < 4.78 is 40.2. The summed E-state index contributed by atoms with van der Waals surface area (Å²) in [4.78, 5) is 65.7. The molecule has 0 spiro atoms. The number of sulfonamides is 1. The minimum absolute atomic E-state index is 0.0228. The zero-order valence-corrected chi connectivity index (χ0v) is 35.7. The van der Waals surface area contributed by atoms with Gasteiger partial charge in [-0.25, -0.2) is 13.4 Å². The molecule has 0 bridgehead atoms. The molecule has 4 fully saturated rings. The number of nitrogens with one attached hydrogen (secondary N) is 2. The van der Waals surface area contributed by atoms with Crippen molar-refractivity contribution in [2.75, 3.05) is 13.7 Å². The number of amides is 4. The average molecular weight is 828 g/mol. The van der Waals surface area contributed by atoms with Crippen LogP contribution in [0.25, 0.3) is 22.2 Å². The van der Waals surface area contributed by atoms with E-state index in [1.165, 1.54) is 11.0 Å². The number of hydrogen-bond donors (Lipinski definition) is 2. The van der Waals surface area contributed by atoms with Crippen molar-refractivity contribution in [2.24, 2.45) is 17.3 Å². The van der Waals surface area contributed by atoms with Crippen molar-refractivity contribution < 1.29 is 37.1 Å². The van der Waals surface area contributed by atoms with E-state index in [-0.39, 0.29) is 49.7 Å². The predicted octanol–water partition coefficient (Wildman–Crippen LogP) is 5.77. The van der Waals surface area contributed by atoms with Crippen molar-refractivity contribution in [3.8, 4) is 22.8 Å². The Bertz CT molecular complexity index is 2230. The summed E-state index contributed by atoms with van der Waals surface area (Å²) in [6.07, 6.45) is 4.80. The minimum atomic E-state index is -3.90. The van der Waals surface area contributed by atoms with Gasteiger partial charge in [-0.1, -0.05) is 57.2 Å². The molecule has 7 rings (SSSR count). The fourth-order valence-corrected chi connectivity index (χ4v) is 10.3. The molecule has 4 amide bonds. The molecule has 2 saturated carbocycles. The Hall–Kier alpha value is -4.98. The number of piperidine rings is 1. The number of ether oxygens (including phenoxy) is 2. The first kappa shape index (κ1) is 42.2. The van der Waals surface area contributed by atoms with Gasteiger partial charge in [0.2, 0.25) is 27.7 Å². The SMILES string of the molecule is C=C[C@@H]1C[C@]1(NC(=O)[C@@H]1C[C@@H](Oc2cc(-c3ccccc3)nc3cc(OC)ccc23)CN1C(=O)[C@@H](CC(=O)N1C(C)CCCC1C)C(C)(C)C)C(=O)NS(=O)(=O)C1CC1. The molecule has 2 aromatic carbocycles. The van der Waals surface area contributed by atoms with Crippen LogP contribution in [0.2, 0.25) is 0 Å². The zero-order chi connectivity index (χ0) is 42.4. The van der Waals surface area contributed by atoms with Gasteiger partial charge in [0, 0.05) is 53.9 Å². The first-order valence-corrected chi connectivity index (χ1v) is 22.3. The van der Waals surface area contributed by atoms with E-state index in [4.69, 9.17) is 14.5 Å². The number of hydrogen-bond acceptors (Lipinski definition) is 9. The van der Waals surface area contributed by atoms with Crippen molar-refractivity contribution in [2.45, 2.75) is 121 Å². The van der Waals surface area contributed by atoms with Crippen LogP contribution in [0.15, 0.2) is 67.3 Å². The fourth-order valence-electron chi connectivity index (χ4n) is 8.89. The molecule has 7 atom stereocenters. The second-order valence-electron chi connectivity index (χ2n) is 18.0. The third kappa shape index (κ3) is 8.69. The maximum Gasteiger partial charge on any atom is 0.259 e. The number of rotatable bonds is 13. The van der Waals surface area contributed by atoms with Gasteiger partial charge in [0.1, 0.15) is 29.2 Å². The van der Waals surface area contributed by atoms with Crippen LogP contribution in [0, 0.1) is 17.3 Å². The molecule has 2 saturated heterocycles. The molecule has 3 aromatic rings. The molecule has 1 aromatic heterocycles. The third-order valence-corrected chi connectivity index (χ3v) is 14.5. The van der Waals surface area contributed by atoms with Crippen molar-refractivity contribution in [3.63, 3.8) is 0 Å². The van der Waals surface area contributed by atoms with E-state index in [1.807, 2.05) is 94.1 Å². The van der Waals surface area contributed by atoms with Crippen LogP contribution in [0.5, 0.6) is 11.5 Å². The quantitative estimate of drug-likeness (QED) is 0.204. The van der Waals surface area contributed by atoms with Crippen LogP contribution in [-0.2, 0) is 29.2 Å². The van der Waals surface area contributed by atoms with E-state index in [0.29, 0.717) is 40.9 Å². The largest absolute Gasteiger partial charge is 0.497 e. The average Bonchev–Trinajstić information content (AvgIpc) is 4.13. The number of carbonyl (C=O) groups is 4. The highest BCUT2D eigenvalue weighted by atomic mass is 32.2. The molecule has 2 unspecified atom stereocenters. The molecule has 2 aliphatic carbocycles. The maximum absolute atomic E-state index is 15.0. The highest BCUT2D eigenvalue weighted by Crippen LogP contribution is 2.46. The minimum Gasteiger partial charge on any atom is -0.497 e. The zero-order valence-electron chi connectivity index (χ0n) is 34.9. The lowest BCUT2D eigenvalue weighted by molar-refractivity contribution is -0.150. The fraction of sp³-hybridized carbons (Fsp3) is 0.533. The van der Waals surface area contributed by atoms with E-state index >= 15 is 4.79 Å². The summed E-state index contributed by atoms with van der Waals surface area (Å²) in [5, 5.41) is 2.95. The lowest BCUT2D eigenvalue weighted by Crippen LogP contribution is -2.57. The smallest absolute Gasteiger partial charge is 0.259 e. The standard InChI is InChI=1S/C45H57N5O8S/c1-8-30-25-45(30,43(54)48-59(55,56)33-18-19-33)47-41(52)38-22-32(26-49(38)42(53)35(44(4,5)6)23-40(51)50-27(2)13-12-14-28(50)3)58-39-24-36(29-15-10-9-11-16-29)46-37-21-31(57-7)17-20-34(37)39/h8-11,15-17,20-21,24,27-28,30,32-33,35,38H,1,12-14,18-19,22-23,25-26H2,2-7H3,(H,47,52)(H,48,54)/t27?,28?,30-,32-,35-,38+,45-/m1/s1. The van der Waals surface area contributed by atoms with Gasteiger partial charge < -0.3 is 24.6 Å². The Morgan fingerprint density at radius 3 is 2.32 bits per heavy atom. The monoisotopic (exact) mass is 827 g/mol. The van der Waals surface area contributed by atoms with Gasteiger partial charge in [0.15, 0.2) is 0 Å². The Morgan fingerprint density at radius 2 is 1.71 bits per heavy atom. The van der Waals surface area contributed by atoms with E-state index in [1.54, 1.807) is 7.11 Å². The summed E-state index contributed by atoms with van der Waals surface area (Å²) in [5.74, 6) is -2.07. The summed E-state index contributed by atoms with van der Waals surface area (Å²) >= 11 is 0. The maximum atomic E-state index is 15.0. The number of methoxy groups -OCH3 is 1. The van der Waals surface area contributed by atoms with Gasteiger partial charge in [0.05, 0.1) is 36.0 Å². The Balaban J connectivity index is 1.22. The predicted molar refractivity (Wildman–Crippen MR) is 225 cm³/mol.